The second kappa shape index (κ2) is 4.50. The summed E-state index contributed by atoms with van der Waals surface area (Å²) in [6.07, 6.45) is 3.39. The zero-order valence-electron chi connectivity index (χ0n) is 9.44. The normalized spacial score (nSPS) is 18.4. The largest absolute Gasteiger partial charge is 0.0835 e. The molecule has 0 saturated heterocycles. The standard InChI is InChI=1S/C16H13Br/c17-16-11-10-13(12-6-2-1-3-7-12)14-8-4-5-9-15(14)16/h1-10,16H,11H2. The average Bonchev–Trinajstić information content (AvgIpc) is 2.41. The fourth-order valence-electron chi connectivity index (χ4n) is 2.36. The molecule has 1 atom stereocenters. The molecule has 2 aromatic carbocycles. The smallest absolute Gasteiger partial charge is 0.0436 e. The van der Waals surface area contributed by atoms with E-state index in [0.29, 0.717) is 4.83 Å². The average molecular weight is 285 g/mol. The third-order valence-corrected chi connectivity index (χ3v) is 4.07. The highest BCUT2D eigenvalue weighted by Gasteiger charge is 2.19. The van der Waals surface area contributed by atoms with Crippen LogP contribution in [-0.2, 0) is 0 Å². The summed E-state index contributed by atoms with van der Waals surface area (Å²) in [5.74, 6) is 0. The van der Waals surface area contributed by atoms with Gasteiger partial charge in [0, 0.05) is 4.83 Å². The van der Waals surface area contributed by atoms with Crippen LogP contribution in [0.5, 0.6) is 0 Å². The number of hydrogen-bond donors (Lipinski definition) is 0. The Morgan fingerprint density at radius 2 is 1.59 bits per heavy atom. The van der Waals surface area contributed by atoms with Gasteiger partial charge in [0.1, 0.15) is 0 Å². The van der Waals surface area contributed by atoms with E-state index in [2.05, 4.69) is 76.6 Å². The van der Waals surface area contributed by atoms with Crippen LogP contribution in [0, 0.1) is 0 Å². The first-order valence-electron chi connectivity index (χ1n) is 5.85. The van der Waals surface area contributed by atoms with E-state index in [1.807, 2.05) is 0 Å². The molecule has 84 valence electrons. The van der Waals surface area contributed by atoms with Crippen molar-refractivity contribution in [2.45, 2.75) is 11.2 Å². The Morgan fingerprint density at radius 1 is 0.882 bits per heavy atom. The van der Waals surface area contributed by atoms with E-state index in [0.717, 1.165) is 6.42 Å². The highest BCUT2D eigenvalue weighted by molar-refractivity contribution is 9.09. The highest BCUT2D eigenvalue weighted by Crippen LogP contribution is 2.40. The van der Waals surface area contributed by atoms with Crippen LogP contribution in [0.25, 0.3) is 5.57 Å². The van der Waals surface area contributed by atoms with Crippen LogP contribution in [0.3, 0.4) is 0 Å². The van der Waals surface area contributed by atoms with Crippen molar-refractivity contribution < 1.29 is 0 Å². The van der Waals surface area contributed by atoms with Crippen molar-refractivity contribution in [3.05, 3.63) is 77.4 Å². The molecule has 0 N–H and O–H groups in total. The number of benzene rings is 2. The lowest BCUT2D eigenvalue weighted by Gasteiger charge is -2.22. The maximum Gasteiger partial charge on any atom is 0.0436 e. The minimum absolute atomic E-state index is 0.450. The summed E-state index contributed by atoms with van der Waals surface area (Å²) in [4.78, 5) is 0.450. The molecule has 0 nitrogen and oxygen atoms in total. The molecule has 17 heavy (non-hydrogen) atoms. The second-order valence-corrected chi connectivity index (χ2v) is 5.38. The molecule has 0 fully saturated rings. The lowest BCUT2D eigenvalue weighted by molar-refractivity contribution is 0.966. The van der Waals surface area contributed by atoms with Gasteiger partial charge in [0.2, 0.25) is 0 Å². The Labute approximate surface area is 110 Å². The predicted molar refractivity (Wildman–Crippen MR) is 76.2 cm³/mol. The topological polar surface area (TPSA) is 0 Å². The Balaban J connectivity index is 2.14. The van der Waals surface area contributed by atoms with Crippen molar-refractivity contribution in [1.29, 1.82) is 0 Å². The van der Waals surface area contributed by atoms with Crippen LogP contribution in [0.2, 0.25) is 0 Å². The molecule has 0 saturated carbocycles. The van der Waals surface area contributed by atoms with Crippen LogP contribution in [0.15, 0.2) is 60.7 Å². The highest BCUT2D eigenvalue weighted by atomic mass is 79.9. The maximum atomic E-state index is 3.74. The summed E-state index contributed by atoms with van der Waals surface area (Å²) in [7, 11) is 0. The Bertz CT molecular complexity index is 555. The van der Waals surface area contributed by atoms with E-state index in [9.17, 15) is 0 Å². The first kappa shape index (κ1) is 10.8. The first-order chi connectivity index (χ1) is 8.36. The van der Waals surface area contributed by atoms with Gasteiger partial charge >= 0.3 is 0 Å². The molecule has 1 aliphatic rings. The van der Waals surface area contributed by atoms with Gasteiger partial charge in [0.05, 0.1) is 0 Å². The fraction of sp³-hybridized carbons (Fsp3) is 0.125. The van der Waals surface area contributed by atoms with Gasteiger partial charge in [-0.1, -0.05) is 76.6 Å². The van der Waals surface area contributed by atoms with Gasteiger partial charge in [-0.15, -0.1) is 0 Å². The van der Waals surface area contributed by atoms with E-state index < -0.39 is 0 Å². The molecular weight excluding hydrogens is 272 g/mol. The van der Waals surface area contributed by atoms with Gasteiger partial charge in [-0.05, 0) is 28.7 Å². The number of allylic oxidation sites excluding steroid dienone is 1. The Kier molecular flexibility index (Phi) is 2.86. The Morgan fingerprint density at radius 3 is 2.41 bits per heavy atom. The SMILES string of the molecule is BrC1CC=C(c2ccccc2)c2ccccc21. The van der Waals surface area contributed by atoms with Crippen LogP contribution >= 0.6 is 15.9 Å². The molecule has 0 aliphatic heterocycles. The van der Waals surface area contributed by atoms with Gasteiger partial charge in [-0.3, -0.25) is 0 Å². The number of rotatable bonds is 1. The summed E-state index contributed by atoms with van der Waals surface area (Å²) in [6.45, 7) is 0. The van der Waals surface area contributed by atoms with E-state index in [-0.39, 0.29) is 0 Å². The lowest BCUT2D eigenvalue weighted by Crippen LogP contribution is -2.02. The molecule has 2 aromatic rings. The zero-order valence-corrected chi connectivity index (χ0v) is 11.0. The van der Waals surface area contributed by atoms with Crippen molar-refractivity contribution in [1.82, 2.24) is 0 Å². The predicted octanol–water partition coefficient (Wildman–Crippen LogP) is 4.96. The van der Waals surface area contributed by atoms with E-state index >= 15 is 0 Å². The number of fused-ring (bicyclic) bond motifs is 1. The molecule has 1 aliphatic carbocycles. The summed E-state index contributed by atoms with van der Waals surface area (Å²) < 4.78 is 0. The van der Waals surface area contributed by atoms with E-state index in [1.54, 1.807) is 0 Å². The third-order valence-electron chi connectivity index (χ3n) is 3.20. The molecule has 0 aromatic heterocycles. The van der Waals surface area contributed by atoms with Crippen LogP contribution in [0.1, 0.15) is 27.9 Å². The molecule has 3 rings (SSSR count). The second-order valence-electron chi connectivity index (χ2n) is 4.27. The quantitative estimate of drug-likeness (QED) is 0.650. The number of alkyl halides is 1. The molecule has 1 unspecified atom stereocenters. The first-order valence-corrected chi connectivity index (χ1v) is 6.77. The Hall–Kier alpha value is -1.34. The van der Waals surface area contributed by atoms with Gasteiger partial charge in [-0.25, -0.2) is 0 Å². The van der Waals surface area contributed by atoms with Gasteiger partial charge in [-0.2, -0.15) is 0 Å². The molecule has 1 heteroatoms. The molecule has 0 bridgehead atoms. The van der Waals surface area contributed by atoms with Crippen molar-refractivity contribution in [2.24, 2.45) is 0 Å². The van der Waals surface area contributed by atoms with Crippen molar-refractivity contribution >= 4 is 21.5 Å². The summed E-state index contributed by atoms with van der Waals surface area (Å²) in [5, 5.41) is 0. The maximum absolute atomic E-state index is 3.74. The monoisotopic (exact) mass is 284 g/mol. The van der Waals surface area contributed by atoms with E-state index in [1.165, 1.54) is 22.3 Å². The lowest BCUT2D eigenvalue weighted by atomic mass is 9.87. The van der Waals surface area contributed by atoms with Crippen LogP contribution in [-0.4, -0.2) is 0 Å². The molecular formula is C16H13Br. The van der Waals surface area contributed by atoms with Crippen LogP contribution in [0.4, 0.5) is 0 Å². The molecule has 0 spiro atoms. The number of hydrogen-bond acceptors (Lipinski definition) is 0. The van der Waals surface area contributed by atoms with Gasteiger partial charge < -0.3 is 0 Å². The van der Waals surface area contributed by atoms with Gasteiger partial charge in [0.25, 0.3) is 0 Å². The van der Waals surface area contributed by atoms with E-state index in [4.69, 9.17) is 0 Å². The molecule has 0 heterocycles. The minimum atomic E-state index is 0.450. The fourth-order valence-corrected chi connectivity index (χ4v) is 2.95. The summed E-state index contributed by atoms with van der Waals surface area (Å²) >= 11 is 3.74. The molecule has 0 radical (unpaired) electrons. The summed E-state index contributed by atoms with van der Waals surface area (Å²) in [5.41, 5.74) is 5.41. The van der Waals surface area contributed by atoms with Crippen molar-refractivity contribution in [3.8, 4) is 0 Å². The zero-order chi connectivity index (χ0) is 11.7. The van der Waals surface area contributed by atoms with Gasteiger partial charge in [0.15, 0.2) is 0 Å². The van der Waals surface area contributed by atoms with Crippen molar-refractivity contribution in [2.75, 3.05) is 0 Å². The van der Waals surface area contributed by atoms with Crippen LogP contribution < -0.4 is 0 Å². The van der Waals surface area contributed by atoms with Crippen molar-refractivity contribution in [3.63, 3.8) is 0 Å². The third kappa shape index (κ3) is 1.96. The summed E-state index contributed by atoms with van der Waals surface area (Å²) in [6, 6.07) is 19.3. The molecule has 0 amide bonds. The number of halogens is 1. The minimum Gasteiger partial charge on any atom is -0.0835 e.